The number of carbonyl (C=O) groups is 1. The van der Waals surface area contributed by atoms with E-state index in [1.165, 1.54) is 5.56 Å². The number of hydrogen-bond donors (Lipinski definition) is 0. The summed E-state index contributed by atoms with van der Waals surface area (Å²) < 4.78 is 0.510. The highest BCUT2D eigenvalue weighted by Gasteiger charge is 2.28. The van der Waals surface area contributed by atoms with Crippen molar-refractivity contribution in [2.45, 2.75) is 19.4 Å². The fourth-order valence-electron chi connectivity index (χ4n) is 2.04. The molecule has 1 aromatic carbocycles. The van der Waals surface area contributed by atoms with Gasteiger partial charge in [-0.05, 0) is 0 Å². The molecule has 0 spiro atoms. The van der Waals surface area contributed by atoms with E-state index >= 15 is 0 Å². The number of piperidine rings is 1. The summed E-state index contributed by atoms with van der Waals surface area (Å²) in [6.07, 6.45) is 1.26. The molecule has 2 radical (unpaired) electrons. The highest BCUT2D eigenvalue weighted by molar-refractivity contribution is 5.98. The van der Waals surface area contributed by atoms with Gasteiger partial charge in [0.25, 0.3) is 0 Å². The monoisotopic (exact) mass is 200 g/mol. The Morgan fingerprint density at radius 1 is 1.13 bits per heavy atom. The lowest BCUT2D eigenvalue weighted by Crippen LogP contribution is -2.50. The molecule has 2 rings (SSSR count). The smallest absolute Gasteiger partial charge is 0.392 e. The van der Waals surface area contributed by atoms with Gasteiger partial charge in [0.1, 0.15) is 5.78 Å². The van der Waals surface area contributed by atoms with Gasteiger partial charge in [0.15, 0.2) is 0 Å². The largest absolute Gasteiger partial charge is 0.481 e. The Labute approximate surface area is 91.9 Å². The maximum Gasteiger partial charge on any atom is 0.481 e. The SMILES string of the molecule is [B][N+]1(Cc2ccccc2)CCC(=O)CC1. The van der Waals surface area contributed by atoms with Crippen molar-refractivity contribution in [3.63, 3.8) is 0 Å². The van der Waals surface area contributed by atoms with Crippen molar-refractivity contribution in [1.29, 1.82) is 0 Å². The summed E-state index contributed by atoms with van der Waals surface area (Å²) in [6, 6.07) is 10.2. The average Bonchev–Trinajstić information content (AvgIpc) is 2.24. The third-order valence-electron chi connectivity index (χ3n) is 3.01. The number of nitrogens with zero attached hydrogens (tertiary/aromatic N) is 1. The number of Topliss-reactive ketones (excluding diaryl/α,β-unsaturated/α-hetero) is 1. The molecule has 1 fully saturated rings. The Balaban J connectivity index is 2.02. The van der Waals surface area contributed by atoms with Crippen molar-refractivity contribution >= 4 is 13.8 Å². The molecule has 1 aliphatic heterocycles. The van der Waals surface area contributed by atoms with E-state index in [4.69, 9.17) is 7.98 Å². The van der Waals surface area contributed by atoms with Crippen molar-refractivity contribution in [3.8, 4) is 0 Å². The maximum atomic E-state index is 11.1. The zero-order valence-electron chi connectivity index (χ0n) is 8.86. The van der Waals surface area contributed by atoms with E-state index in [1.807, 2.05) is 18.2 Å². The molecule has 0 aliphatic carbocycles. The minimum absolute atomic E-state index is 0.349. The first kappa shape index (κ1) is 10.4. The molecule has 1 aromatic rings. The molecule has 3 heteroatoms. The van der Waals surface area contributed by atoms with Gasteiger partial charge in [-0.1, -0.05) is 30.3 Å². The van der Waals surface area contributed by atoms with Crippen LogP contribution in [0.15, 0.2) is 30.3 Å². The molecular formula is C12H15BNO+. The molecule has 1 saturated heterocycles. The highest BCUT2D eigenvalue weighted by Crippen LogP contribution is 2.17. The number of benzene rings is 1. The van der Waals surface area contributed by atoms with Gasteiger partial charge in [0.05, 0.1) is 32.5 Å². The minimum atomic E-state index is 0.349. The third kappa shape index (κ3) is 2.69. The van der Waals surface area contributed by atoms with Gasteiger partial charge in [-0.25, -0.2) is 0 Å². The van der Waals surface area contributed by atoms with Crippen LogP contribution in [0.1, 0.15) is 18.4 Å². The summed E-state index contributed by atoms with van der Waals surface area (Å²) in [6.45, 7) is 2.37. The molecule has 0 saturated carbocycles. The quantitative estimate of drug-likeness (QED) is 0.660. The van der Waals surface area contributed by atoms with Gasteiger partial charge in [-0.15, -0.1) is 0 Å². The van der Waals surface area contributed by atoms with Gasteiger partial charge in [0.2, 0.25) is 0 Å². The summed E-state index contributed by atoms with van der Waals surface area (Å²) in [5.74, 6) is 0.349. The number of hydrogen-bond acceptors (Lipinski definition) is 1. The average molecular weight is 200 g/mol. The van der Waals surface area contributed by atoms with E-state index in [2.05, 4.69) is 12.1 Å². The van der Waals surface area contributed by atoms with Crippen molar-refractivity contribution < 1.29 is 9.19 Å². The Bertz CT molecular complexity index is 340. The van der Waals surface area contributed by atoms with Crippen LogP contribution in [0.4, 0.5) is 0 Å². The lowest BCUT2D eigenvalue weighted by Gasteiger charge is -2.38. The highest BCUT2D eigenvalue weighted by atomic mass is 16.1. The fourth-order valence-corrected chi connectivity index (χ4v) is 2.04. The number of ketones is 1. The predicted molar refractivity (Wildman–Crippen MR) is 60.1 cm³/mol. The topological polar surface area (TPSA) is 17.1 Å². The third-order valence-corrected chi connectivity index (χ3v) is 3.01. The van der Waals surface area contributed by atoms with E-state index in [-0.39, 0.29) is 0 Å². The molecule has 0 unspecified atom stereocenters. The van der Waals surface area contributed by atoms with Crippen molar-refractivity contribution in [2.75, 3.05) is 13.1 Å². The molecule has 0 atom stereocenters. The van der Waals surface area contributed by atoms with Gasteiger partial charge >= 0.3 is 7.98 Å². The minimum Gasteiger partial charge on any atom is -0.392 e. The molecule has 0 N–H and O–H groups in total. The summed E-state index contributed by atoms with van der Waals surface area (Å²) >= 11 is 0. The zero-order chi connectivity index (χ0) is 10.7. The van der Waals surface area contributed by atoms with Crippen LogP contribution < -0.4 is 0 Å². The normalized spacial score (nSPS) is 20.1. The van der Waals surface area contributed by atoms with E-state index in [0.29, 0.717) is 23.0 Å². The standard InChI is InChI=1S/C12H15BNO/c13-14(8-6-12(15)7-9-14)10-11-4-2-1-3-5-11/h1-5H,6-10H2/q+1. The molecular weight excluding hydrogens is 185 g/mol. The van der Waals surface area contributed by atoms with Crippen LogP contribution in [0.25, 0.3) is 0 Å². The van der Waals surface area contributed by atoms with Gasteiger partial charge in [0, 0.05) is 5.56 Å². The predicted octanol–water partition coefficient (Wildman–Crippen LogP) is 1.45. The molecule has 1 aliphatic rings. The summed E-state index contributed by atoms with van der Waals surface area (Å²) in [5.41, 5.74) is 1.24. The van der Waals surface area contributed by atoms with Crippen LogP contribution >= 0.6 is 0 Å². The lowest BCUT2D eigenvalue weighted by molar-refractivity contribution is -0.832. The van der Waals surface area contributed by atoms with Crippen LogP contribution in [0.2, 0.25) is 0 Å². The number of carbonyl (C=O) groups excluding carboxylic acids is 1. The lowest BCUT2D eigenvalue weighted by atomic mass is 9.99. The summed E-state index contributed by atoms with van der Waals surface area (Å²) in [5, 5.41) is 0. The van der Waals surface area contributed by atoms with Gasteiger partial charge in [-0.2, -0.15) is 0 Å². The first-order valence-electron chi connectivity index (χ1n) is 5.38. The molecule has 15 heavy (non-hydrogen) atoms. The van der Waals surface area contributed by atoms with Crippen LogP contribution in [0.3, 0.4) is 0 Å². The first-order chi connectivity index (χ1) is 7.18. The maximum absolute atomic E-state index is 11.1. The Kier molecular flexibility index (Phi) is 2.92. The van der Waals surface area contributed by atoms with E-state index in [9.17, 15) is 4.79 Å². The molecule has 0 bridgehead atoms. The molecule has 0 amide bonds. The van der Waals surface area contributed by atoms with E-state index in [1.54, 1.807) is 0 Å². The Hall–Kier alpha value is -1.09. The van der Waals surface area contributed by atoms with E-state index < -0.39 is 0 Å². The Morgan fingerprint density at radius 2 is 1.73 bits per heavy atom. The number of quaternary nitrogens is 1. The molecule has 0 aromatic heterocycles. The van der Waals surface area contributed by atoms with E-state index in [0.717, 1.165) is 19.6 Å². The van der Waals surface area contributed by atoms with Crippen LogP contribution in [0, 0.1) is 0 Å². The second-order valence-corrected chi connectivity index (χ2v) is 4.35. The van der Waals surface area contributed by atoms with Crippen molar-refractivity contribution in [2.24, 2.45) is 0 Å². The summed E-state index contributed by atoms with van der Waals surface area (Å²) in [4.78, 5) is 11.1. The molecule has 2 nitrogen and oxygen atoms in total. The number of rotatable bonds is 2. The van der Waals surface area contributed by atoms with Crippen molar-refractivity contribution in [1.82, 2.24) is 0 Å². The number of likely N-dealkylation sites (tertiary alicyclic amines) is 1. The van der Waals surface area contributed by atoms with Crippen LogP contribution in [-0.2, 0) is 11.3 Å². The second kappa shape index (κ2) is 4.19. The summed E-state index contributed by atoms with van der Waals surface area (Å²) in [7, 11) is 6.24. The Morgan fingerprint density at radius 3 is 2.33 bits per heavy atom. The first-order valence-corrected chi connectivity index (χ1v) is 5.38. The molecule has 76 valence electrons. The van der Waals surface area contributed by atoms with Gasteiger partial charge in [-0.3, -0.25) is 4.79 Å². The fraction of sp³-hybridized carbons (Fsp3) is 0.417. The molecule has 1 heterocycles. The zero-order valence-corrected chi connectivity index (χ0v) is 8.86. The van der Waals surface area contributed by atoms with Crippen LogP contribution in [0.5, 0.6) is 0 Å². The van der Waals surface area contributed by atoms with Crippen molar-refractivity contribution in [3.05, 3.63) is 35.9 Å². The second-order valence-electron chi connectivity index (χ2n) is 4.35. The van der Waals surface area contributed by atoms with Gasteiger partial charge < -0.3 is 4.39 Å². The van der Waals surface area contributed by atoms with Crippen LogP contribution in [-0.4, -0.2) is 31.2 Å².